The molecule has 0 radical (unpaired) electrons. The maximum Gasteiger partial charge on any atom is 0.144 e. The number of hydrogen-bond acceptors (Lipinski definition) is 2. The Labute approximate surface area is 133 Å². The number of fused-ring (bicyclic) bond motifs is 1. The molecule has 0 aliphatic heterocycles. The SMILES string of the molecule is CCn1c(-c2cc(Br)ccc2O)nc2cc(Br)ccc21. The van der Waals surface area contributed by atoms with Crippen LogP contribution in [-0.2, 0) is 6.54 Å². The van der Waals surface area contributed by atoms with E-state index in [-0.39, 0.29) is 5.75 Å². The number of aromatic nitrogens is 2. The highest BCUT2D eigenvalue weighted by Gasteiger charge is 2.15. The first kappa shape index (κ1) is 13.6. The second-order valence-electron chi connectivity index (χ2n) is 4.47. The summed E-state index contributed by atoms with van der Waals surface area (Å²) in [6.07, 6.45) is 0. The Hall–Kier alpha value is -1.33. The van der Waals surface area contributed by atoms with Crippen LogP contribution in [0.2, 0.25) is 0 Å². The van der Waals surface area contributed by atoms with Crippen LogP contribution in [0.4, 0.5) is 0 Å². The minimum absolute atomic E-state index is 0.234. The van der Waals surface area contributed by atoms with Gasteiger partial charge in [0, 0.05) is 15.5 Å². The van der Waals surface area contributed by atoms with Crippen LogP contribution in [-0.4, -0.2) is 14.7 Å². The van der Waals surface area contributed by atoms with Gasteiger partial charge < -0.3 is 9.67 Å². The zero-order chi connectivity index (χ0) is 14.3. The van der Waals surface area contributed by atoms with Crippen molar-refractivity contribution in [3.8, 4) is 17.1 Å². The fraction of sp³-hybridized carbons (Fsp3) is 0.133. The first-order valence-corrected chi connectivity index (χ1v) is 7.83. The summed E-state index contributed by atoms with van der Waals surface area (Å²) in [7, 11) is 0. The smallest absolute Gasteiger partial charge is 0.144 e. The van der Waals surface area contributed by atoms with Crippen molar-refractivity contribution >= 4 is 42.9 Å². The molecular formula is C15H12Br2N2O. The van der Waals surface area contributed by atoms with Gasteiger partial charge in [0.25, 0.3) is 0 Å². The molecule has 0 aliphatic rings. The van der Waals surface area contributed by atoms with Crippen molar-refractivity contribution in [3.63, 3.8) is 0 Å². The number of aromatic hydroxyl groups is 1. The molecule has 0 spiro atoms. The molecule has 1 aromatic heterocycles. The molecule has 102 valence electrons. The average Bonchev–Trinajstić information content (AvgIpc) is 2.78. The van der Waals surface area contributed by atoms with Crippen molar-refractivity contribution in [3.05, 3.63) is 45.3 Å². The molecule has 3 nitrogen and oxygen atoms in total. The summed E-state index contributed by atoms with van der Waals surface area (Å²) in [5.74, 6) is 1.01. The van der Waals surface area contributed by atoms with Gasteiger partial charge in [-0.25, -0.2) is 4.98 Å². The standard InChI is InChI=1S/C15H12Br2N2O/c1-2-19-13-5-3-10(17)8-12(13)18-15(19)11-7-9(16)4-6-14(11)20/h3-8,20H,2H2,1H3. The Bertz CT molecular complexity index is 796. The summed E-state index contributed by atoms with van der Waals surface area (Å²) < 4.78 is 4.01. The number of imidazole rings is 1. The molecule has 0 fully saturated rings. The molecule has 2 aromatic carbocycles. The highest BCUT2D eigenvalue weighted by molar-refractivity contribution is 9.10. The van der Waals surface area contributed by atoms with Gasteiger partial charge in [-0.15, -0.1) is 0 Å². The van der Waals surface area contributed by atoms with Crippen molar-refractivity contribution in [1.29, 1.82) is 0 Å². The molecule has 0 saturated carbocycles. The van der Waals surface area contributed by atoms with E-state index in [1.54, 1.807) is 6.07 Å². The van der Waals surface area contributed by atoms with E-state index in [1.807, 2.05) is 30.3 Å². The molecule has 0 saturated heterocycles. The number of phenolic OH excluding ortho intramolecular Hbond substituents is 1. The summed E-state index contributed by atoms with van der Waals surface area (Å²) in [6.45, 7) is 2.86. The summed E-state index contributed by atoms with van der Waals surface area (Å²) >= 11 is 6.90. The Morgan fingerprint density at radius 1 is 1.10 bits per heavy atom. The quantitative estimate of drug-likeness (QED) is 0.666. The monoisotopic (exact) mass is 394 g/mol. The number of hydrogen-bond donors (Lipinski definition) is 1. The number of benzene rings is 2. The van der Waals surface area contributed by atoms with Crippen molar-refractivity contribution < 1.29 is 5.11 Å². The van der Waals surface area contributed by atoms with E-state index in [0.717, 1.165) is 37.9 Å². The van der Waals surface area contributed by atoms with Crippen LogP contribution in [0.1, 0.15) is 6.92 Å². The molecular weight excluding hydrogens is 384 g/mol. The second kappa shape index (κ2) is 5.22. The number of nitrogens with zero attached hydrogens (tertiary/aromatic N) is 2. The van der Waals surface area contributed by atoms with Gasteiger partial charge in [0.15, 0.2) is 0 Å². The average molecular weight is 396 g/mol. The molecule has 3 aromatic rings. The van der Waals surface area contributed by atoms with Gasteiger partial charge in [-0.3, -0.25) is 0 Å². The zero-order valence-electron chi connectivity index (χ0n) is 10.8. The summed E-state index contributed by atoms with van der Waals surface area (Å²) in [4.78, 5) is 4.67. The Kier molecular flexibility index (Phi) is 3.56. The number of rotatable bonds is 2. The minimum atomic E-state index is 0.234. The number of aryl methyl sites for hydroxylation is 1. The van der Waals surface area contributed by atoms with Gasteiger partial charge in [-0.1, -0.05) is 31.9 Å². The maximum atomic E-state index is 10.1. The molecule has 1 heterocycles. The second-order valence-corrected chi connectivity index (χ2v) is 6.31. The third kappa shape index (κ3) is 2.25. The third-order valence-electron chi connectivity index (χ3n) is 3.23. The predicted octanol–water partition coefficient (Wildman–Crippen LogP) is 4.95. The summed E-state index contributed by atoms with van der Waals surface area (Å²) in [5.41, 5.74) is 2.70. The first-order valence-electron chi connectivity index (χ1n) is 6.25. The van der Waals surface area contributed by atoms with E-state index in [2.05, 4.69) is 48.3 Å². The summed E-state index contributed by atoms with van der Waals surface area (Å²) in [5, 5.41) is 10.1. The van der Waals surface area contributed by atoms with Gasteiger partial charge in [-0.2, -0.15) is 0 Å². The normalized spacial score (nSPS) is 11.2. The van der Waals surface area contributed by atoms with E-state index < -0.39 is 0 Å². The first-order chi connectivity index (χ1) is 9.60. The molecule has 0 atom stereocenters. The minimum Gasteiger partial charge on any atom is -0.507 e. The van der Waals surface area contributed by atoms with E-state index in [4.69, 9.17) is 0 Å². The van der Waals surface area contributed by atoms with Crippen LogP contribution in [0.15, 0.2) is 45.3 Å². The molecule has 0 aliphatic carbocycles. The molecule has 0 amide bonds. The lowest BCUT2D eigenvalue weighted by atomic mass is 10.2. The fourth-order valence-electron chi connectivity index (χ4n) is 2.32. The van der Waals surface area contributed by atoms with Gasteiger partial charge in [0.1, 0.15) is 11.6 Å². The van der Waals surface area contributed by atoms with E-state index in [1.165, 1.54) is 0 Å². The molecule has 5 heteroatoms. The van der Waals surface area contributed by atoms with Crippen molar-refractivity contribution in [2.75, 3.05) is 0 Å². The predicted molar refractivity (Wildman–Crippen MR) is 87.9 cm³/mol. The number of phenols is 1. The third-order valence-corrected chi connectivity index (χ3v) is 4.21. The molecule has 1 N–H and O–H groups in total. The maximum absolute atomic E-state index is 10.1. The van der Waals surface area contributed by atoms with Crippen LogP contribution >= 0.6 is 31.9 Å². The molecule has 20 heavy (non-hydrogen) atoms. The van der Waals surface area contributed by atoms with Gasteiger partial charge in [-0.05, 0) is 43.3 Å². The Morgan fingerprint density at radius 3 is 2.55 bits per heavy atom. The van der Waals surface area contributed by atoms with Crippen molar-refractivity contribution in [1.82, 2.24) is 9.55 Å². The van der Waals surface area contributed by atoms with Crippen molar-refractivity contribution in [2.24, 2.45) is 0 Å². The van der Waals surface area contributed by atoms with Crippen molar-refractivity contribution in [2.45, 2.75) is 13.5 Å². The van der Waals surface area contributed by atoms with E-state index in [9.17, 15) is 5.11 Å². The van der Waals surface area contributed by atoms with Crippen LogP contribution in [0.5, 0.6) is 5.75 Å². The summed E-state index contributed by atoms with van der Waals surface area (Å²) in [6, 6.07) is 11.4. The Morgan fingerprint density at radius 2 is 1.80 bits per heavy atom. The van der Waals surface area contributed by atoms with Crippen LogP contribution in [0.25, 0.3) is 22.4 Å². The van der Waals surface area contributed by atoms with E-state index in [0.29, 0.717) is 0 Å². The largest absolute Gasteiger partial charge is 0.507 e. The zero-order valence-corrected chi connectivity index (χ0v) is 13.9. The lowest BCUT2D eigenvalue weighted by molar-refractivity contribution is 0.476. The lowest BCUT2D eigenvalue weighted by Gasteiger charge is -2.08. The highest BCUT2D eigenvalue weighted by Crippen LogP contribution is 2.34. The topological polar surface area (TPSA) is 38.0 Å². The van der Waals surface area contributed by atoms with Crippen LogP contribution in [0.3, 0.4) is 0 Å². The Balaban J connectivity index is 2.32. The van der Waals surface area contributed by atoms with Crippen LogP contribution < -0.4 is 0 Å². The van der Waals surface area contributed by atoms with Crippen LogP contribution in [0, 0.1) is 0 Å². The molecule has 3 rings (SSSR count). The molecule has 0 bridgehead atoms. The number of halogens is 2. The lowest BCUT2D eigenvalue weighted by Crippen LogP contribution is -1.97. The van der Waals surface area contributed by atoms with Gasteiger partial charge in [0.2, 0.25) is 0 Å². The molecule has 0 unspecified atom stereocenters. The van der Waals surface area contributed by atoms with E-state index >= 15 is 0 Å². The highest BCUT2D eigenvalue weighted by atomic mass is 79.9. The van der Waals surface area contributed by atoms with Gasteiger partial charge >= 0.3 is 0 Å². The fourth-order valence-corrected chi connectivity index (χ4v) is 3.03. The van der Waals surface area contributed by atoms with Gasteiger partial charge in [0.05, 0.1) is 16.6 Å².